The molecule has 0 radical (unpaired) electrons. The first-order valence-electron chi connectivity index (χ1n) is 9.35. The van der Waals surface area contributed by atoms with Crippen LogP contribution in [0, 0.1) is 17.2 Å². The average molecular weight is 370 g/mol. The molecule has 4 rings (SSSR count). The van der Waals surface area contributed by atoms with Gasteiger partial charge in [-0.15, -0.1) is 0 Å². The molecule has 3 atom stereocenters. The lowest BCUT2D eigenvalue weighted by Crippen LogP contribution is -2.31. The van der Waals surface area contributed by atoms with Gasteiger partial charge in [0.15, 0.2) is 11.5 Å². The van der Waals surface area contributed by atoms with Gasteiger partial charge in [-0.3, -0.25) is 0 Å². The third-order valence-electron chi connectivity index (χ3n) is 5.63. The van der Waals surface area contributed by atoms with Gasteiger partial charge in [0.05, 0.1) is 24.4 Å². The van der Waals surface area contributed by atoms with E-state index < -0.39 is 0 Å². The molecule has 4 nitrogen and oxygen atoms in total. The first kappa shape index (κ1) is 17.9. The Balaban J connectivity index is 1.90. The minimum Gasteiger partial charge on any atom is -0.504 e. The van der Waals surface area contributed by atoms with Crippen LogP contribution in [0.2, 0.25) is 0 Å². The zero-order valence-electron chi connectivity index (χ0n) is 15.9. The normalized spacial score (nSPS) is 20.5. The first-order chi connectivity index (χ1) is 13.6. The standard InChI is InChI=1S/C24H22N2O2/c1-15-22(17-11-12-20(27)21(13-17)28-2)19-10-6-9-18(14-25)24(19)26-23(15)16-7-4-3-5-8-16/h3-13,15,22-23,26-27H,1-2H3/t15-,22+,23-/m1/s1. The number of nitrogens with zero attached hydrogens (tertiary/aromatic N) is 1. The number of hydrogen-bond donors (Lipinski definition) is 2. The van der Waals surface area contributed by atoms with Crippen LogP contribution in [0.25, 0.3) is 0 Å². The number of anilines is 1. The maximum atomic E-state index is 10.0. The molecule has 2 N–H and O–H groups in total. The van der Waals surface area contributed by atoms with Gasteiger partial charge in [-0.1, -0.05) is 55.5 Å². The largest absolute Gasteiger partial charge is 0.504 e. The number of methoxy groups -OCH3 is 1. The van der Waals surface area contributed by atoms with Crippen molar-refractivity contribution in [1.82, 2.24) is 0 Å². The molecule has 0 saturated heterocycles. The number of rotatable bonds is 3. The molecule has 140 valence electrons. The molecule has 0 spiro atoms. The van der Waals surface area contributed by atoms with E-state index in [0.29, 0.717) is 11.3 Å². The molecular formula is C24H22N2O2. The van der Waals surface area contributed by atoms with Crippen LogP contribution >= 0.6 is 0 Å². The van der Waals surface area contributed by atoms with Crippen LogP contribution in [0.1, 0.15) is 41.1 Å². The minimum atomic E-state index is 0.0595. The number of benzene rings is 3. The number of ether oxygens (including phenoxy) is 1. The van der Waals surface area contributed by atoms with Gasteiger partial charge >= 0.3 is 0 Å². The van der Waals surface area contributed by atoms with E-state index in [1.807, 2.05) is 42.5 Å². The molecule has 0 bridgehead atoms. The van der Waals surface area contributed by atoms with Crippen molar-refractivity contribution in [2.24, 2.45) is 5.92 Å². The molecule has 0 unspecified atom stereocenters. The highest BCUT2D eigenvalue weighted by Gasteiger charge is 2.36. The van der Waals surface area contributed by atoms with Gasteiger partial charge < -0.3 is 15.2 Å². The number of fused-ring (bicyclic) bond motifs is 1. The van der Waals surface area contributed by atoms with E-state index in [9.17, 15) is 10.4 Å². The van der Waals surface area contributed by atoms with Crippen LogP contribution in [-0.4, -0.2) is 12.2 Å². The fourth-order valence-corrected chi connectivity index (χ4v) is 4.26. The molecule has 3 aromatic carbocycles. The minimum absolute atomic E-state index is 0.0595. The number of phenols is 1. The predicted molar refractivity (Wildman–Crippen MR) is 110 cm³/mol. The molecule has 3 aromatic rings. The highest BCUT2D eigenvalue weighted by atomic mass is 16.5. The summed E-state index contributed by atoms with van der Waals surface area (Å²) in [6, 6.07) is 24.0. The summed E-state index contributed by atoms with van der Waals surface area (Å²) < 4.78 is 5.34. The summed E-state index contributed by atoms with van der Waals surface area (Å²) in [5.41, 5.74) is 4.85. The predicted octanol–water partition coefficient (Wildman–Crippen LogP) is 5.21. The number of nitriles is 1. The zero-order valence-corrected chi connectivity index (χ0v) is 15.9. The van der Waals surface area contributed by atoms with E-state index in [2.05, 4.69) is 36.5 Å². The lowest BCUT2D eigenvalue weighted by atomic mass is 9.72. The lowest BCUT2D eigenvalue weighted by molar-refractivity contribution is 0.370. The first-order valence-corrected chi connectivity index (χ1v) is 9.35. The summed E-state index contributed by atoms with van der Waals surface area (Å²) in [4.78, 5) is 0. The molecule has 1 aliphatic heterocycles. The third kappa shape index (κ3) is 2.95. The Kier molecular flexibility index (Phi) is 4.67. The quantitative estimate of drug-likeness (QED) is 0.664. The van der Waals surface area contributed by atoms with E-state index in [-0.39, 0.29) is 23.6 Å². The third-order valence-corrected chi connectivity index (χ3v) is 5.63. The number of phenolic OH excluding ortho intramolecular Hbond substituents is 1. The Labute approximate surface area is 165 Å². The Morgan fingerprint density at radius 3 is 2.50 bits per heavy atom. The number of para-hydroxylation sites is 1. The summed E-state index contributed by atoms with van der Waals surface area (Å²) in [6.45, 7) is 2.22. The maximum absolute atomic E-state index is 10.0. The smallest absolute Gasteiger partial charge is 0.160 e. The monoisotopic (exact) mass is 370 g/mol. The molecule has 0 amide bonds. The number of nitrogens with one attached hydrogen (secondary N) is 1. The van der Waals surface area contributed by atoms with E-state index in [0.717, 1.165) is 16.8 Å². The van der Waals surface area contributed by atoms with Crippen molar-refractivity contribution >= 4 is 5.69 Å². The second-order valence-electron chi connectivity index (χ2n) is 7.18. The van der Waals surface area contributed by atoms with Crippen molar-refractivity contribution in [3.63, 3.8) is 0 Å². The summed E-state index contributed by atoms with van der Waals surface area (Å²) in [5.74, 6) is 0.860. The summed E-state index contributed by atoms with van der Waals surface area (Å²) in [6.07, 6.45) is 0. The molecule has 0 aliphatic carbocycles. The van der Waals surface area contributed by atoms with E-state index in [4.69, 9.17) is 4.74 Å². The Morgan fingerprint density at radius 2 is 1.79 bits per heavy atom. The summed E-state index contributed by atoms with van der Waals surface area (Å²) in [7, 11) is 1.55. The highest BCUT2D eigenvalue weighted by molar-refractivity contribution is 5.68. The van der Waals surface area contributed by atoms with Gasteiger partial charge in [0, 0.05) is 5.92 Å². The molecule has 0 saturated carbocycles. The van der Waals surface area contributed by atoms with Gasteiger partial charge in [-0.2, -0.15) is 5.26 Å². The molecule has 0 aromatic heterocycles. The second-order valence-corrected chi connectivity index (χ2v) is 7.18. The van der Waals surface area contributed by atoms with Crippen molar-refractivity contribution in [3.8, 4) is 17.6 Å². The van der Waals surface area contributed by atoms with Gasteiger partial charge in [-0.25, -0.2) is 0 Å². The van der Waals surface area contributed by atoms with Gasteiger partial charge in [-0.05, 0) is 40.8 Å². The topological polar surface area (TPSA) is 65.3 Å². The van der Waals surface area contributed by atoms with Crippen molar-refractivity contribution in [3.05, 3.63) is 89.0 Å². The van der Waals surface area contributed by atoms with E-state index >= 15 is 0 Å². The SMILES string of the molecule is COc1cc([C@H]2c3cccc(C#N)c3N[C@@H](c3ccccc3)[C@@H]2C)ccc1O. The number of hydrogen-bond acceptors (Lipinski definition) is 4. The highest BCUT2D eigenvalue weighted by Crippen LogP contribution is 2.49. The molecule has 28 heavy (non-hydrogen) atoms. The fourth-order valence-electron chi connectivity index (χ4n) is 4.26. The molecule has 1 heterocycles. The molecular weight excluding hydrogens is 348 g/mol. The van der Waals surface area contributed by atoms with Crippen LogP contribution in [0.3, 0.4) is 0 Å². The van der Waals surface area contributed by atoms with Crippen LogP contribution in [0.5, 0.6) is 11.5 Å². The van der Waals surface area contributed by atoms with Crippen molar-refractivity contribution < 1.29 is 9.84 Å². The van der Waals surface area contributed by atoms with E-state index in [1.165, 1.54) is 5.56 Å². The molecule has 1 aliphatic rings. The van der Waals surface area contributed by atoms with Crippen LogP contribution in [0.15, 0.2) is 66.7 Å². The fraction of sp³-hybridized carbons (Fsp3) is 0.208. The Hall–Kier alpha value is -3.45. The van der Waals surface area contributed by atoms with Gasteiger partial charge in [0.1, 0.15) is 6.07 Å². The molecule has 4 heteroatoms. The van der Waals surface area contributed by atoms with Crippen molar-refractivity contribution in [2.75, 3.05) is 12.4 Å². The maximum Gasteiger partial charge on any atom is 0.160 e. The zero-order chi connectivity index (χ0) is 19.7. The van der Waals surface area contributed by atoms with Gasteiger partial charge in [0.2, 0.25) is 0 Å². The molecule has 0 fully saturated rings. The van der Waals surface area contributed by atoms with Crippen LogP contribution < -0.4 is 10.1 Å². The summed E-state index contributed by atoms with van der Waals surface area (Å²) >= 11 is 0. The van der Waals surface area contributed by atoms with Gasteiger partial charge in [0.25, 0.3) is 0 Å². The summed E-state index contributed by atoms with van der Waals surface area (Å²) in [5, 5.41) is 23.3. The van der Waals surface area contributed by atoms with Crippen LogP contribution in [0.4, 0.5) is 5.69 Å². The lowest BCUT2D eigenvalue weighted by Gasteiger charge is -2.40. The van der Waals surface area contributed by atoms with Crippen molar-refractivity contribution in [2.45, 2.75) is 18.9 Å². The second kappa shape index (κ2) is 7.28. The van der Waals surface area contributed by atoms with Crippen LogP contribution in [-0.2, 0) is 0 Å². The Bertz CT molecular complexity index is 1040. The number of aromatic hydroxyl groups is 1. The van der Waals surface area contributed by atoms with E-state index in [1.54, 1.807) is 13.2 Å². The Morgan fingerprint density at radius 1 is 1.00 bits per heavy atom. The van der Waals surface area contributed by atoms with Crippen molar-refractivity contribution in [1.29, 1.82) is 5.26 Å². The average Bonchev–Trinajstić information content (AvgIpc) is 2.74.